The van der Waals surface area contributed by atoms with E-state index >= 15 is 0 Å². The highest BCUT2D eigenvalue weighted by Crippen LogP contribution is 2.23. The van der Waals surface area contributed by atoms with Crippen LogP contribution in [0, 0.1) is 0 Å². The van der Waals surface area contributed by atoms with Gasteiger partial charge in [-0.3, -0.25) is 4.79 Å². The zero-order valence-corrected chi connectivity index (χ0v) is 12.8. The Morgan fingerprint density at radius 2 is 1.68 bits per heavy atom. The number of aryl methyl sites for hydroxylation is 1. The number of hydrogen-bond donors (Lipinski definition) is 0. The summed E-state index contributed by atoms with van der Waals surface area (Å²) in [6.45, 7) is 0. The van der Waals surface area contributed by atoms with E-state index in [1.807, 2.05) is 54.6 Å². The topological polar surface area (TPSA) is 26.3 Å². The van der Waals surface area contributed by atoms with Crippen LogP contribution in [0.3, 0.4) is 0 Å². The fourth-order valence-corrected chi connectivity index (χ4v) is 2.38. The minimum atomic E-state index is -0.903. The van der Waals surface area contributed by atoms with Gasteiger partial charge < -0.3 is 4.74 Å². The third kappa shape index (κ3) is 4.99. The highest BCUT2D eigenvalue weighted by atomic mass is 19.1. The monoisotopic (exact) mass is 300 g/mol. The number of carbonyl (C=O) groups is 1. The quantitative estimate of drug-likeness (QED) is 0.707. The van der Waals surface area contributed by atoms with Crippen molar-refractivity contribution in [2.24, 2.45) is 0 Å². The normalized spacial score (nSPS) is 11.9. The van der Waals surface area contributed by atoms with Crippen LogP contribution in [-0.4, -0.2) is 13.1 Å². The second-order valence-electron chi connectivity index (χ2n) is 5.34. The third-order valence-corrected chi connectivity index (χ3v) is 3.68. The molecule has 0 saturated carbocycles. The first-order valence-electron chi connectivity index (χ1n) is 7.52. The molecule has 2 aromatic rings. The average molecular weight is 300 g/mol. The van der Waals surface area contributed by atoms with Gasteiger partial charge in [-0.15, -0.1) is 0 Å². The lowest BCUT2D eigenvalue weighted by Crippen LogP contribution is -2.04. The number of rotatable bonds is 7. The molecule has 0 amide bonds. The van der Waals surface area contributed by atoms with Crippen molar-refractivity contribution >= 4 is 5.97 Å². The lowest BCUT2D eigenvalue weighted by molar-refractivity contribution is -0.139. The number of hydrogen-bond acceptors (Lipinski definition) is 2. The summed E-state index contributed by atoms with van der Waals surface area (Å²) in [5.41, 5.74) is 2.84. The Labute approximate surface area is 130 Å². The molecule has 0 radical (unpaired) electrons. The molecule has 0 fully saturated rings. The number of ether oxygens (including phenoxy) is 1. The SMILES string of the molecule is COC(=O)Cc1ccc(CCCC(F)c2ccccc2)cc1. The molecule has 0 aromatic heterocycles. The van der Waals surface area contributed by atoms with Gasteiger partial charge in [0.05, 0.1) is 13.5 Å². The molecule has 22 heavy (non-hydrogen) atoms. The van der Waals surface area contributed by atoms with Crippen molar-refractivity contribution in [1.82, 2.24) is 0 Å². The van der Waals surface area contributed by atoms with Gasteiger partial charge in [-0.25, -0.2) is 4.39 Å². The standard InChI is InChI=1S/C19H21FO2/c1-22-19(21)14-16-12-10-15(11-13-16)6-5-9-18(20)17-7-3-2-4-8-17/h2-4,7-8,10-13,18H,5-6,9,14H2,1H3. The molecule has 0 N–H and O–H groups in total. The van der Waals surface area contributed by atoms with Crippen molar-refractivity contribution in [2.45, 2.75) is 31.9 Å². The minimum absolute atomic E-state index is 0.240. The van der Waals surface area contributed by atoms with Gasteiger partial charge in [-0.1, -0.05) is 54.6 Å². The van der Waals surface area contributed by atoms with Gasteiger partial charge >= 0.3 is 5.97 Å². The summed E-state index contributed by atoms with van der Waals surface area (Å²) in [4.78, 5) is 11.2. The molecule has 3 heteroatoms. The Bertz CT molecular complexity index is 578. The number of alkyl halides is 1. The van der Waals surface area contributed by atoms with Crippen molar-refractivity contribution in [3.05, 3.63) is 71.3 Å². The fraction of sp³-hybridized carbons (Fsp3) is 0.316. The molecule has 0 saturated heterocycles. The number of methoxy groups -OCH3 is 1. The minimum Gasteiger partial charge on any atom is -0.469 e. The maximum atomic E-state index is 14.0. The summed E-state index contributed by atoms with van der Waals surface area (Å²) >= 11 is 0. The highest BCUT2D eigenvalue weighted by molar-refractivity contribution is 5.72. The van der Waals surface area contributed by atoms with Crippen LogP contribution in [0.5, 0.6) is 0 Å². The molecule has 2 rings (SSSR count). The summed E-state index contributed by atoms with van der Waals surface area (Å²) in [5.74, 6) is -0.240. The van der Waals surface area contributed by atoms with Gasteiger partial charge in [0.2, 0.25) is 0 Å². The molecule has 0 heterocycles. The molecule has 2 aromatic carbocycles. The van der Waals surface area contributed by atoms with E-state index in [1.54, 1.807) is 0 Å². The molecule has 0 spiro atoms. The Kier molecular flexibility index (Phi) is 6.13. The molecule has 0 aliphatic heterocycles. The number of carbonyl (C=O) groups excluding carboxylic acids is 1. The lowest BCUT2D eigenvalue weighted by Gasteiger charge is -2.08. The summed E-state index contributed by atoms with van der Waals surface area (Å²) in [7, 11) is 1.39. The maximum Gasteiger partial charge on any atom is 0.309 e. The van der Waals surface area contributed by atoms with E-state index in [0.29, 0.717) is 6.42 Å². The van der Waals surface area contributed by atoms with Crippen LogP contribution < -0.4 is 0 Å². The molecule has 0 bridgehead atoms. The average Bonchev–Trinajstić information content (AvgIpc) is 2.57. The smallest absolute Gasteiger partial charge is 0.309 e. The Morgan fingerprint density at radius 1 is 1.05 bits per heavy atom. The molecular weight excluding hydrogens is 279 g/mol. The predicted octanol–water partition coefficient (Wildman–Crippen LogP) is 4.44. The van der Waals surface area contributed by atoms with Crippen LogP contribution in [0.4, 0.5) is 4.39 Å². The van der Waals surface area contributed by atoms with E-state index in [4.69, 9.17) is 0 Å². The van der Waals surface area contributed by atoms with Gasteiger partial charge in [0.1, 0.15) is 6.17 Å². The zero-order chi connectivity index (χ0) is 15.8. The Morgan fingerprint density at radius 3 is 2.32 bits per heavy atom. The van der Waals surface area contributed by atoms with Crippen LogP contribution in [0.15, 0.2) is 54.6 Å². The van der Waals surface area contributed by atoms with Gasteiger partial charge in [-0.2, -0.15) is 0 Å². The molecule has 1 atom stereocenters. The predicted molar refractivity (Wildman–Crippen MR) is 85.4 cm³/mol. The first kappa shape index (κ1) is 16.2. The molecule has 0 aliphatic rings. The Hall–Kier alpha value is -2.16. The second kappa shape index (κ2) is 8.32. The van der Waals surface area contributed by atoms with Crippen molar-refractivity contribution in [3.63, 3.8) is 0 Å². The molecule has 2 nitrogen and oxygen atoms in total. The summed E-state index contributed by atoms with van der Waals surface area (Å²) < 4.78 is 18.7. The number of halogens is 1. The molecule has 1 unspecified atom stereocenters. The Balaban J connectivity index is 1.78. The van der Waals surface area contributed by atoms with Crippen molar-refractivity contribution in [3.8, 4) is 0 Å². The third-order valence-electron chi connectivity index (χ3n) is 3.68. The first-order chi connectivity index (χ1) is 10.7. The largest absolute Gasteiger partial charge is 0.469 e. The van der Waals surface area contributed by atoms with Crippen LogP contribution in [-0.2, 0) is 22.4 Å². The summed E-state index contributed by atoms with van der Waals surface area (Å²) in [6, 6.07) is 17.1. The number of benzene rings is 2. The first-order valence-corrected chi connectivity index (χ1v) is 7.52. The number of esters is 1. The fourth-order valence-electron chi connectivity index (χ4n) is 2.38. The second-order valence-corrected chi connectivity index (χ2v) is 5.34. The molecule has 116 valence electrons. The van der Waals surface area contributed by atoms with Gasteiger partial charge in [0.15, 0.2) is 0 Å². The highest BCUT2D eigenvalue weighted by Gasteiger charge is 2.09. The van der Waals surface area contributed by atoms with E-state index in [0.717, 1.165) is 29.5 Å². The van der Waals surface area contributed by atoms with E-state index in [1.165, 1.54) is 7.11 Å². The zero-order valence-electron chi connectivity index (χ0n) is 12.8. The van der Waals surface area contributed by atoms with Gasteiger partial charge in [0, 0.05) is 0 Å². The van der Waals surface area contributed by atoms with Gasteiger partial charge in [-0.05, 0) is 36.0 Å². The van der Waals surface area contributed by atoms with Crippen LogP contribution in [0.2, 0.25) is 0 Å². The molecular formula is C19H21FO2. The van der Waals surface area contributed by atoms with Crippen molar-refractivity contribution in [2.75, 3.05) is 7.11 Å². The summed E-state index contributed by atoms with van der Waals surface area (Å²) in [6.07, 6.45) is 1.54. The summed E-state index contributed by atoms with van der Waals surface area (Å²) in [5, 5.41) is 0. The van der Waals surface area contributed by atoms with E-state index in [-0.39, 0.29) is 12.4 Å². The van der Waals surface area contributed by atoms with Crippen molar-refractivity contribution in [1.29, 1.82) is 0 Å². The molecule has 0 aliphatic carbocycles. The van der Waals surface area contributed by atoms with E-state index in [9.17, 15) is 9.18 Å². The lowest BCUT2D eigenvalue weighted by atomic mass is 10.0. The van der Waals surface area contributed by atoms with Crippen molar-refractivity contribution < 1.29 is 13.9 Å². The van der Waals surface area contributed by atoms with E-state index in [2.05, 4.69) is 4.74 Å². The van der Waals surface area contributed by atoms with Gasteiger partial charge in [0.25, 0.3) is 0 Å². The van der Waals surface area contributed by atoms with Crippen LogP contribution >= 0.6 is 0 Å². The van der Waals surface area contributed by atoms with E-state index < -0.39 is 6.17 Å². The maximum absolute atomic E-state index is 14.0. The van der Waals surface area contributed by atoms with Crippen LogP contribution in [0.1, 0.15) is 35.7 Å². The van der Waals surface area contributed by atoms with Crippen LogP contribution in [0.25, 0.3) is 0 Å².